The Balaban J connectivity index is 1.78. The number of hydrogen-bond acceptors (Lipinski definition) is 4. The normalized spacial score (nSPS) is 14.6. The molecule has 2 aromatic carbocycles. The van der Waals surface area contributed by atoms with E-state index in [9.17, 15) is 9.59 Å². The van der Waals surface area contributed by atoms with Crippen LogP contribution in [0.4, 0.5) is 11.4 Å². The summed E-state index contributed by atoms with van der Waals surface area (Å²) in [6.45, 7) is 7.82. The molecule has 0 spiro atoms. The van der Waals surface area contributed by atoms with Crippen LogP contribution in [-0.4, -0.2) is 24.2 Å². The van der Waals surface area contributed by atoms with E-state index in [0.717, 1.165) is 22.6 Å². The van der Waals surface area contributed by atoms with Crippen LogP contribution in [0.5, 0.6) is 0 Å². The van der Waals surface area contributed by atoms with Gasteiger partial charge in [-0.1, -0.05) is 38.1 Å². The van der Waals surface area contributed by atoms with E-state index in [1.807, 2.05) is 60.7 Å². The zero-order chi connectivity index (χ0) is 21.7. The number of anilines is 1. The first-order chi connectivity index (χ1) is 14.3. The van der Waals surface area contributed by atoms with Gasteiger partial charge in [-0.2, -0.15) is 0 Å². The quantitative estimate of drug-likeness (QED) is 0.483. The zero-order valence-corrected chi connectivity index (χ0v) is 17.8. The highest BCUT2D eigenvalue weighted by atomic mass is 16.5. The minimum atomic E-state index is -0.345. The highest BCUT2D eigenvalue weighted by molar-refractivity contribution is 6.09. The third-order valence-corrected chi connectivity index (χ3v) is 5.04. The maximum Gasteiger partial charge on any atom is 0.338 e. The van der Waals surface area contributed by atoms with Crippen molar-refractivity contribution in [3.8, 4) is 0 Å². The van der Waals surface area contributed by atoms with Gasteiger partial charge in [0, 0.05) is 24.2 Å². The van der Waals surface area contributed by atoms with Crippen LogP contribution in [0.25, 0.3) is 0 Å². The van der Waals surface area contributed by atoms with Gasteiger partial charge in [-0.25, -0.2) is 4.79 Å². The van der Waals surface area contributed by atoms with Crippen LogP contribution >= 0.6 is 0 Å². The summed E-state index contributed by atoms with van der Waals surface area (Å²) >= 11 is 0. The van der Waals surface area contributed by atoms with Crippen molar-refractivity contribution < 1.29 is 14.3 Å². The van der Waals surface area contributed by atoms with Crippen LogP contribution in [0, 0.1) is 0 Å². The van der Waals surface area contributed by atoms with E-state index in [2.05, 4.69) is 13.8 Å². The molecule has 0 atom stereocenters. The van der Waals surface area contributed by atoms with Crippen molar-refractivity contribution >= 4 is 29.0 Å². The van der Waals surface area contributed by atoms with Crippen molar-refractivity contribution in [1.82, 2.24) is 0 Å². The Hall–Kier alpha value is -3.47. The number of aliphatic imine (C=N–C) groups is 1. The summed E-state index contributed by atoms with van der Waals surface area (Å²) in [6, 6.07) is 14.9. The van der Waals surface area contributed by atoms with Crippen molar-refractivity contribution in [2.45, 2.75) is 33.1 Å². The minimum absolute atomic E-state index is 0.0664. The lowest BCUT2D eigenvalue weighted by Gasteiger charge is -2.20. The Morgan fingerprint density at radius 3 is 2.50 bits per heavy atom. The molecule has 0 unspecified atom stereocenters. The maximum absolute atomic E-state index is 12.1. The molecule has 1 aliphatic rings. The van der Waals surface area contributed by atoms with Crippen LogP contribution in [0.1, 0.15) is 43.6 Å². The third kappa shape index (κ3) is 4.40. The second kappa shape index (κ2) is 8.91. The topological polar surface area (TPSA) is 59.0 Å². The second-order valence-electron chi connectivity index (χ2n) is 7.50. The number of nitrogens with zero attached hydrogens (tertiary/aromatic N) is 2. The van der Waals surface area contributed by atoms with Crippen LogP contribution in [0.15, 0.2) is 78.0 Å². The zero-order valence-electron chi connectivity index (χ0n) is 17.8. The molecule has 0 saturated carbocycles. The van der Waals surface area contributed by atoms with Gasteiger partial charge in [0.1, 0.15) is 0 Å². The number of carbonyl (C=O) groups excluding carboxylic acids is 2. The van der Waals surface area contributed by atoms with E-state index in [4.69, 9.17) is 9.73 Å². The molecule has 154 valence electrons. The summed E-state index contributed by atoms with van der Waals surface area (Å²) in [5.41, 5.74) is 3.73. The molecule has 1 aliphatic heterocycles. The average Bonchev–Trinajstić information content (AvgIpc) is 2.98. The first-order valence-electron chi connectivity index (χ1n) is 9.95. The second-order valence-corrected chi connectivity index (χ2v) is 7.50. The summed E-state index contributed by atoms with van der Waals surface area (Å²) < 4.78 is 5.11. The van der Waals surface area contributed by atoms with Gasteiger partial charge >= 0.3 is 5.97 Å². The first kappa shape index (κ1) is 21.2. The molecule has 3 rings (SSSR count). The average molecular weight is 402 g/mol. The Bertz CT molecular complexity index is 1030. The Morgan fingerprint density at radius 1 is 1.10 bits per heavy atom. The van der Waals surface area contributed by atoms with Crippen molar-refractivity contribution in [3.63, 3.8) is 0 Å². The molecule has 0 aromatic heterocycles. The lowest BCUT2D eigenvalue weighted by Crippen LogP contribution is -2.24. The van der Waals surface area contributed by atoms with Crippen molar-refractivity contribution in [2.24, 2.45) is 4.99 Å². The standard InChI is InChI=1S/C25H26N2O3/c1-5-30-24(29)19-14-15-22-21(17-19)25(3,4)23(26-22)13-9-10-16-27(18(2)28)20-11-7-6-8-12-20/h6-17H,5H2,1-4H3/b13-9+,16-10+. The smallest absolute Gasteiger partial charge is 0.338 e. The van der Waals surface area contributed by atoms with Gasteiger partial charge in [0.05, 0.1) is 23.6 Å². The molecule has 0 aliphatic carbocycles. The van der Waals surface area contributed by atoms with Crippen LogP contribution in [-0.2, 0) is 14.9 Å². The fraction of sp³-hybridized carbons (Fsp3) is 0.240. The number of esters is 1. The molecule has 0 N–H and O–H groups in total. The van der Waals surface area contributed by atoms with Crippen LogP contribution in [0.2, 0.25) is 0 Å². The molecule has 0 saturated heterocycles. The molecule has 30 heavy (non-hydrogen) atoms. The summed E-state index contributed by atoms with van der Waals surface area (Å²) in [5, 5.41) is 0. The Labute approximate surface area is 177 Å². The summed E-state index contributed by atoms with van der Waals surface area (Å²) in [4.78, 5) is 30.4. The monoisotopic (exact) mass is 402 g/mol. The Kier molecular flexibility index (Phi) is 6.31. The summed E-state index contributed by atoms with van der Waals surface area (Å²) in [6.07, 6.45) is 7.37. The van der Waals surface area contributed by atoms with Gasteiger partial charge in [-0.05, 0) is 55.0 Å². The lowest BCUT2D eigenvalue weighted by molar-refractivity contribution is -0.116. The molecule has 1 heterocycles. The maximum atomic E-state index is 12.1. The summed E-state index contributed by atoms with van der Waals surface area (Å²) in [5.74, 6) is -0.392. The molecule has 5 heteroatoms. The van der Waals surface area contributed by atoms with E-state index >= 15 is 0 Å². The fourth-order valence-corrected chi connectivity index (χ4v) is 3.37. The highest BCUT2D eigenvalue weighted by Gasteiger charge is 2.34. The molecule has 0 bridgehead atoms. The summed E-state index contributed by atoms with van der Waals surface area (Å²) in [7, 11) is 0. The van der Waals surface area contributed by atoms with Crippen LogP contribution in [0.3, 0.4) is 0 Å². The van der Waals surface area contributed by atoms with Crippen molar-refractivity contribution in [3.05, 3.63) is 84.1 Å². The predicted molar refractivity (Wildman–Crippen MR) is 120 cm³/mol. The van der Waals surface area contributed by atoms with Gasteiger partial charge in [-0.15, -0.1) is 0 Å². The first-order valence-corrected chi connectivity index (χ1v) is 9.95. The van der Waals surface area contributed by atoms with Crippen molar-refractivity contribution in [1.29, 1.82) is 0 Å². The van der Waals surface area contributed by atoms with E-state index in [-0.39, 0.29) is 17.3 Å². The van der Waals surface area contributed by atoms with Crippen molar-refractivity contribution in [2.75, 3.05) is 11.5 Å². The van der Waals surface area contributed by atoms with E-state index in [1.165, 1.54) is 6.92 Å². The lowest BCUT2D eigenvalue weighted by atomic mass is 9.81. The minimum Gasteiger partial charge on any atom is -0.462 e. The number of carbonyl (C=O) groups is 2. The molecule has 2 aromatic rings. The largest absolute Gasteiger partial charge is 0.462 e. The number of rotatable bonds is 6. The van der Waals surface area contributed by atoms with Gasteiger partial charge in [0.15, 0.2) is 0 Å². The van der Waals surface area contributed by atoms with E-state index < -0.39 is 0 Å². The number of hydrogen-bond donors (Lipinski definition) is 0. The number of allylic oxidation sites excluding steroid dienone is 3. The number of para-hydroxylation sites is 1. The van der Waals surface area contributed by atoms with Gasteiger partial charge in [0.2, 0.25) is 5.91 Å². The van der Waals surface area contributed by atoms with E-state index in [0.29, 0.717) is 12.2 Å². The number of ether oxygens (including phenoxy) is 1. The number of amides is 1. The third-order valence-electron chi connectivity index (χ3n) is 5.04. The van der Waals surface area contributed by atoms with Gasteiger partial charge in [0.25, 0.3) is 0 Å². The number of benzene rings is 2. The van der Waals surface area contributed by atoms with Gasteiger partial charge in [-0.3, -0.25) is 14.7 Å². The number of fused-ring (bicyclic) bond motifs is 1. The molecule has 1 amide bonds. The molecule has 0 fully saturated rings. The van der Waals surface area contributed by atoms with Gasteiger partial charge < -0.3 is 4.74 Å². The molecule has 5 nitrogen and oxygen atoms in total. The SMILES string of the molecule is CCOC(=O)c1ccc2c(c1)C(C)(C)C(/C=C/C=C/N(C(C)=O)c1ccccc1)=N2. The fourth-order valence-electron chi connectivity index (χ4n) is 3.37. The molecule has 0 radical (unpaired) electrons. The molecular weight excluding hydrogens is 376 g/mol. The van der Waals surface area contributed by atoms with E-state index in [1.54, 1.807) is 24.1 Å². The highest BCUT2D eigenvalue weighted by Crippen LogP contribution is 2.40. The van der Waals surface area contributed by atoms with Crippen LogP contribution < -0.4 is 4.90 Å². The Morgan fingerprint density at radius 2 is 1.83 bits per heavy atom. The molecular formula is C25H26N2O3. The predicted octanol–water partition coefficient (Wildman–Crippen LogP) is 5.35.